The van der Waals surface area contributed by atoms with E-state index in [0.717, 1.165) is 54.0 Å². The number of nitrogens with zero attached hydrogens (tertiary/aromatic N) is 8. The van der Waals surface area contributed by atoms with Crippen molar-refractivity contribution >= 4 is 17.5 Å². The van der Waals surface area contributed by atoms with Crippen molar-refractivity contribution in [1.82, 2.24) is 45.0 Å². The summed E-state index contributed by atoms with van der Waals surface area (Å²) in [6.07, 6.45) is 8.08. The molecule has 0 saturated heterocycles. The van der Waals surface area contributed by atoms with E-state index in [9.17, 15) is 9.90 Å². The summed E-state index contributed by atoms with van der Waals surface area (Å²) < 4.78 is 3.72. The van der Waals surface area contributed by atoms with Gasteiger partial charge in [-0.2, -0.15) is 5.10 Å². The number of hydrogen-bond donors (Lipinski definition) is 3. The molecule has 3 N–H and O–H groups in total. The molecule has 1 unspecified atom stereocenters. The average Bonchev–Trinajstić information content (AvgIpc) is 3.68. The molecular formula is C29H36N10O2. The monoisotopic (exact) mass is 556 g/mol. The number of carbonyl (C=O) groups is 1. The van der Waals surface area contributed by atoms with Crippen LogP contribution < -0.4 is 10.6 Å². The standard InChI is InChI=1S/C29H36N10O2/c1-29(2,3)39-18-25(35-36-39)27(41)32-23-9-12-37(13-14-40)17-20-15-19(6-7-21(20)23)22-8-10-30-28(33-22)34-24-16-31-38-11-4-5-26(24)38/h6-8,10,15-16,18,23,40H,4-5,9,11-14,17H2,1-3H3,(H,32,41)(H,30,33,34). The van der Waals surface area contributed by atoms with Gasteiger partial charge in [0, 0.05) is 37.9 Å². The van der Waals surface area contributed by atoms with Crippen molar-refractivity contribution in [3.05, 3.63) is 65.4 Å². The lowest BCUT2D eigenvalue weighted by atomic mass is 9.96. The molecule has 3 aromatic heterocycles. The number of carbonyl (C=O) groups excluding carboxylic acids is 1. The summed E-state index contributed by atoms with van der Waals surface area (Å²) in [6.45, 7) is 9.01. The molecule has 1 atom stereocenters. The first-order valence-corrected chi connectivity index (χ1v) is 14.1. The molecule has 1 amide bonds. The van der Waals surface area contributed by atoms with Crippen molar-refractivity contribution in [1.29, 1.82) is 0 Å². The molecule has 41 heavy (non-hydrogen) atoms. The van der Waals surface area contributed by atoms with Crippen LogP contribution in [0.4, 0.5) is 11.6 Å². The third kappa shape index (κ3) is 5.70. The number of β-amino-alcohol motifs (C(OH)–C–C–N with tert-alkyl or cyclic N) is 1. The zero-order valence-electron chi connectivity index (χ0n) is 23.7. The number of nitrogens with one attached hydrogen (secondary N) is 2. The predicted octanol–water partition coefficient (Wildman–Crippen LogP) is 3.05. The number of aryl methyl sites for hydroxylation is 1. The number of aliphatic hydroxyl groups excluding tert-OH is 1. The maximum atomic E-state index is 13.2. The highest BCUT2D eigenvalue weighted by molar-refractivity contribution is 5.92. The number of fused-ring (bicyclic) bond motifs is 2. The minimum absolute atomic E-state index is 0.0709. The molecule has 5 heterocycles. The molecule has 0 fully saturated rings. The lowest BCUT2D eigenvalue weighted by Crippen LogP contribution is -2.31. The average molecular weight is 557 g/mol. The van der Waals surface area contributed by atoms with Gasteiger partial charge < -0.3 is 15.7 Å². The fraction of sp³-hybridized carbons (Fsp3) is 0.448. The van der Waals surface area contributed by atoms with Crippen LogP contribution in [0.3, 0.4) is 0 Å². The highest BCUT2D eigenvalue weighted by Crippen LogP contribution is 2.31. The molecule has 0 bridgehead atoms. The van der Waals surface area contributed by atoms with Crippen LogP contribution in [0.15, 0.2) is 42.9 Å². The van der Waals surface area contributed by atoms with Crippen molar-refractivity contribution in [2.24, 2.45) is 0 Å². The Hall–Kier alpha value is -4.16. The third-order valence-corrected chi connectivity index (χ3v) is 7.71. The van der Waals surface area contributed by atoms with Gasteiger partial charge in [-0.15, -0.1) is 5.10 Å². The first-order valence-electron chi connectivity index (χ1n) is 14.1. The highest BCUT2D eigenvalue weighted by Gasteiger charge is 2.26. The highest BCUT2D eigenvalue weighted by atomic mass is 16.3. The Morgan fingerprint density at radius 1 is 1.20 bits per heavy atom. The predicted molar refractivity (Wildman–Crippen MR) is 154 cm³/mol. The van der Waals surface area contributed by atoms with Crippen molar-refractivity contribution < 1.29 is 9.90 Å². The summed E-state index contributed by atoms with van der Waals surface area (Å²) >= 11 is 0. The Morgan fingerprint density at radius 2 is 2.07 bits per heavy atom. The van der Waals surface area contributed by atoms with Crippen LogP contribution in [-0.4, -0.2) is 70.4 Å². The van der Waals surface area contributed by atoms with E-state index in [2.05, 4.69) is 48.1 Å². The van der Waals surface area contributed by atoms with Gasteiger partial charge >= 0.3 is 0 Å². The zero-order chi connectivity index (χ0) is 28.6. The number of hydrogen-bond acceptors (Lipinski definition) is 9. The number of amides is 1. The molecule has 6 rings (SSSR count). The first kappa shape index (κ1) is 27.0. The Labute approximate surface area is 238 Å². The molecule has 0 saturated carbocycles. The van der Waals surface area contributed by atoms with Crippen LogP contribution in [0.1, 0.15) is 67.0 Å². The minimum atomic E-state index is -0.267. The van der Waals surface area contributed by atoms with Crippen molar-refractivity contribution in [3.63, 3.8) is 0 Å². The molecule has 12 nitrogen and oxygen atoms in total. The lowest BCUT2D eigenvalue weighted by molar-refractivity contribution is 0.0926. The van der Waals surface area contributed by atoms with Gasteiger partial charge in [0.1, 0.15) is 0 Å². The van der Waals surface area contributed by atoms with Gasteiger partial charge in [0.05, 0.1) is 47.7 Å². The van der Waals surface area contributed by atoms with Crippen LogP contribution >= 0.6 is 0 Å². The molecule has 2 aliphatic rings. The summed E-state index contributed by atoms with van der Waals surface area (Å²) in [4.78, 5) is 24.6. The summed E-state index contributed by atoms with van der Waals surface area (Å²) in [5.74, 6) is 0.268. The third-order valence-electron chi connectivity index (χ3n) is 7.71. The van der Waals surface area contributed by atoms with E-state index in [1.807, 2.05) is 43.8 Å². The van der Waals surface area contributed by atoms with Gasteiger partial charge in [0.2, 0.25) is 5.95 Å². The number of anilines is 2. The molecular weight excluding hydrogens is 520 g/mol. The van der Waals surface area contributed by atoms with Crippen molar-refractivity contribution in [3.8, 4) is 11.3 Å². The summed E-state index contributed by atoms with van der Waals surface area (Å²) in [7, 11) is 0. The van der Waals surface area contributed by atoms with Gasteiger partial charge in [-0.1, -0.05) is 17.3 Å². The van der Waals surface area contributed by atoms with E-state index in [1.54, 1.807) is 17.1 Å². The van der Waals surface area contributed by atoms with E-state index in [0.29, 0.717) is 31.2 Å². The topological polar surface area (TPSA) is 139 Å². The zero-order valence-corrected chi connectivity index (χ0v) is 23.7. The molecule has 0 spiro atoms. The maximum absolute atomic E-state index is 13.2. The van der Waals surface area contributed by atoms with E-state index < -0.39 is 0 Å². The van der Waals surface area contributed by atoms with E-state index >= 15 is 0 Å². The molecule has 2 aliphatic heterocycles. The number of aliphatic hydroxyl groups is 1. The van der Waals surface area contributed by atoms with Crippen molar-refractivity contribution in [2.45, 2.75) is 64.7 Å². The Kier molecular flexibility index (Phi) is 7.26. The second-order valence-corrected chi connectivity index (χ2v) is 11.7. The van der Waals surface area contributed by atoms with E-state index in [4.69, 9.17) is 4.98 Å². The lowest BCUT2D eigenvalue weighted by Gasteiger charge is -2.19. The van der Waals surface area contributed by atoms with Gasteiger partial charge in [-0.3, -0.25) is 14.4 Å². The fourth-order valence-corrected chi connectivity index (χ4v) is 5.51. The smallest absolute Gasteiger partial charge is 0.273 e. The van der Waals surface area contributed by atoms with Crippen LogP contribution in [0, 0.1) is 0 Å². The van der Waals surface area contributed by atoms with Gasteiger partial charge in [-0.25, -0.2) is 14.6 Å². The SMILES string of the molecule is CC(C)(C)n1cc(C(=O)NC2CCN(CCO)Cc3cc(-c4ccnc(Nc5cnn6c5CCC6)n4)ccc32)nn1. The largest absolute Gasteiger partial charge is 0.395 e. The second-order valence-electron chi connectivity index (χ2n) is 11.7. The Balaban J connectivity index is 1.26. The number of benzene rings is 1. The molecule has 1 aromatic carbocycles. The number of aromatic nitrogens is 7. The van der Waals surface area contributed by atoms with Crippen molar-refractivity contribution in [2.75, 3.05) is 25.0 Å². The first-order chi connectivity index (χ1) is 19.8. The fourth-order valence-electron chi connectivity index (χ4n) is 5.51. The van der Waals surface area contributed by atoms with Crippen LogP contribution in [-0.2, 0) is 25.0 Å². The molecule has 4 aromatic rings. The van der Waals surface area contributed by atoms with Crippen LogP contribution in [0.2, 0.25) is 0 Å². The summed E-state index contributed by atoms with van der Waals surface area (Å²) in [5, 5.41) is 28.9. The molecule has 0 radical (unpaired) electrons. The number of rotatable bonds is 7. The maximum Gasteiger partial charge on any atom is 0.273 e. The van der Waals surface area contributed by atoms with Crippen LogP contribution in [0.25, 0.3) is 11.3 Å². The van der Waals surface area contributed by atoms with Gasteiger partial charge in [0.15, 0.2) is 5.69 Å². The van der Waals surface area contributed by atoms with Gasteiger partial charge in [0.25, 0.3) is 5.91 Å². The van der Waals surface area contributed by atoms with Crippen LogP contribution in [0.5, 0.6) is 0 Å². The summed E-state index contributed by atoms with van der Waals surface area (Å²) in [5.41, 5.74) is 6.04. The Bertz CT molecular complexity index is 1550. The molecule has 12 heteroatoms. The summed E-state index contributed by atoms with van der Waals surface area (Å²) in [6, 6.07) is 7.93. The quantitative estimate of drug-likeness (QED) is 0.313. The molecule has 0 aliphatic carbocycles. The molecule has 214 valence electrons. The Morgan fingerprint density at radius 3 is 2.88 bits per heavy atom. The normalized spacial score (nSPS) is 17.1. The minimum Gasteiger partial charge on any atom is -0.395 e. The second kappa shape index (κ2) is 11.0. The van der Waals surface area contributed by atoms with Gasteiger partial charge in [-0.05, 0) is 63.3 Å². The van der Waals surface area contributed by atoms with E-state index in [1.165, 1.54) is 5.69 Å². The van der Waals surface area contributed by atoms with E-state index in [-0.39, 0.29) is 24.1 Å².